The highest BCUT2D eigenvalue weighted by molar-refractivity contribution is 5.85. The van der Waals surface area contributed by atoms with Gasteiger partial charge in [-0.3, -0.25) is 14.5 Å². The minimum absolute atomic E-state index is 0.0759. The van der Waals surface area contributed by atoms with Gasteiger partial charge in [-0.2, -0.15) is 0 Å². The Morgan fingerprint density at radius 3 is 2.54 bits per heavy atom. The van der Waals surface area contributed by atoms with Gasteiger partial charge in [0.25, 0.3) is 0 Å². The number of likely N-dealkylation sites (N-methyl/N-ethyl adjacent to an activating group) is 1. The van der Waals surface area contributed by atoms with E-state index in [1.165, 1.54) is 5.56 Å². The van der Waals surface area contributed by atoms with Crippen molar-refractivity contribution in [1.29, 1.82) is 0 Å². The maximum Gasteiger partial charge on any atom is 0.241 e. The molecule has 0 unspecified atom stereocenters. The molecule has 2 saturated heterocycles. The van der Waals surface area contributed by atoms with Crippen LogP contribution >= 0.6 is 0 Å². The molecule has 0 aliphatic carbocycles. The van der Waals surface area contributed by atoms with Crippen LogP contribution in [0.4, 0.5) is 0 Å². The minimum atomic E-state index is 0.0759. The molecule has 5 heteroatoms. The van der Waals surface area contributed by atoms with E-state index in [1.807, 2.05) is 11.9 Å². The Hall–Kier alpha value is -1.88. The Morgan fingerprint density at radius 2 is 1.85 bits per heavy atom. The molecule has 2 aliphatic rings. The van der Waals surface area contributed by atoms with Crippen LogP contribution in [0.15, 0.2) is 30.3 Å². The molecule has 0 radical (unpaired) electrons. The summed E-state index contributed by atoms with van der Waals surface area (Å²) >= 11 is 0. The van der Waals surface area contributed by atoms with Crippen molar-refractivity contribution in [2.75, 3.05) is 39.8 Å². The lowest BCUT2D eigenvalue weighted by atomic mass is 9.96. The first-order chi connectivity index (χ1) is 12.6. The lowest BCUT2D eigenvalue weighted by Gasteiger charge is -2.34. The van der Waals surface area contributed by atoms with Crippen LogP contribution in [0.3, 0.4) is 0 Å². The summed E-state index contributed by atoms with van der Waals surface area (Å²) in [5, 5.41) is 0. The molecule has 2 heterocycles. The van der Waals surface area contributed by atoms with Gasteiger partial charge in [0.1, 0.15) is 0 Å². The standard InChI is InChI=1S/C21H31N3O2/c1-22(21(26)17-24-12-6-5-9-20(24)25)15-19-10-13-23(14-11-19)16-18-7-3-2-4-8-18/h2-4,7-8,19H,5-6,9-17H2,1H3. The van der Waals surface area contributed by atoms with Gasteiger partial charge in [0.05, 0.1) is 6.54 Å². The fraction of sp³-hybridized carbons (Fsp3) is 0.619. The Balaban J connectivity index is 1.39. The van der Waals surface area contributed by atoms with Crippen LogP contribution in [-0.2, 0) is 16.1 Å². The van der Waals surface area contributed by atoms with Gasteiger partial charge in [0, 0.05) is 33.1 Å². The van der Waals surface area contributed by atoms with Crippen LogP contribution in [0.5, 0.6) is 0 Å². The lowest BCUT2D eigenvalue weighted by molar-refractivity contribution is -0.141. The van der Waals surface area contributed by atoms with Crippen LogP contribution in [0.25, 0.3) is 0 Å². The van der Waals surface area contributed by atoms with E-state index in [2.05, 4.69) is 35.2 Å². The van der Waals surface area contributed by atoms with E-state index in [1.54, 1.807) is 4.90 Å². The molecule has 1 aromatic rings. The number of piperidine rings is 2. The molecule has 2 fully saturated rings. The average Bonchev–Trinajstić information content (AvgIpc) is 2.66. The van der Waals surface area contributed by atoms with Crippen molar-refractivity contribution in [3.8, 4) is 0 Å². The fourth-order valence-electron chi connectivity index (χ4n) is 3.97. The molecular weight excluding hydrogens is 326 g/mol. The van der Waals surface area contributed by atoms with Crippen molar-refractivity contribution < 1.29 is 9.59 Å². The third kappa shape index (κ3) is 5.31. The van der Waals surface area contributed by atoms with Gasteiger partial charge in [-0.1, -0.05) is 30.3 Å². The van der Waals surface area contributed by atoms with Gasteiger partial charge in [-0.25, -0.2) is 0 Å². The highest BCUT2D eigenvalue weighted by Gasteiger charge is 2.25. The molecule has 0 saturated carbocycles. The number of nitrogens with zero attached hydrogens (tertiary/aromatic N) is 3. The van der Waals surface area contributed by atoms with E-state index in [4.69, 9.17) is 0 Å². The van der Waals surface area contributed by atoms with E-state index >= 15 is 0 Å². The smallest absolute Gasteiger partial charge is 0.241 e. The van der Waals surface area contributed by atoms with Crippen molar-refractivity contribution in [1.82, 2.24) is 14.7 Å². The average molecular weight is 357 g/mol. The summed E-state index contributed by atoms with van der Waals surface area (Å²) in [6.45, 7) is 4.98. The maximum atomic E-state index is 12.5. The molecular formula is C21H31N3O2. The van der Waals surface area contributed by atoms with E-state index in [9.17, 15) is 9.59 Å². The third-order valence-electron chi connectivity index (χ3n) is 5.66. The van der Waals surface area contributed by atoms with Gasteiger partial charge in [-0.05, 0) is 50.3 Å². The maximum absolute atomic E-state index is 12.5. The first-order valence-corrected chi connectivity index (χ1v) is 9.90. The van der Waals surface area contributed by atoms with Crippen molar-refractivity contribution >= 4 is 11.8 Å². The zero-order valence-electron chi connectivity index (χ0n) is 15.9. The number of hydrogen-bond acceptors (Lipinski definition) is 3. The molecule has 26 heavy (non-hydrogen) atoms. The van der Waals surface area contributed by atoms with E-state index < -0.39 is 0 Å². The second-order valence-electron chi connectivity index (χ2n) is 7.75. The topological polar surface area (TPSA) is 43.9 Å². The zero-order chi connectivity index (χ0) is 18.4. The first kappa shape index (κ1) is 18.9. The monoisotopic (exact) mass is 357 g/mol. The Labute approximate surface area is 156 Å². The van der Waals surface area contributed by atoms with Crippen LogP contribution in [-0.4, -0.2) is 66.3 Å². The number of amides is 2. The summed E-state index contributed by atoms with van der Waals surface area (Å²) in [6, 6.07) is 10.6. The molecule has 142 valence electrons. The van der Waals surface area contributed by atoms with Crippen LogP contribution in [0.2, 0.25) is 0 Å². The van der Waals surface area contributed by atoms with Gasteiger partial charge in [-0.15, -0.1) is 0 Å². The van der Waals surface area contributed by atoms with Crippen molar-refractivity contribution in [3.63, 3.8) is 0 Å². The van der Waals surface area contributed by atoms with Crippen LogP contribution < -0.4 is 0 Å². The summed E-state index contributed by atoms with van der Waals surface area (Å²) in [6.07, 6.45) is 4.83. The fourth-order valence-corrected chi connectivity index (χ4v) is 3.97. The Bertz CT molecular complexity index is 597. The predicted octanol–water partition coefficient (Wildman–Crippen LogP) is 2.37. The summed E-state index contributed by atoms with van der Waals surface area (Å²) in [4.78, 5) is 30.4. The van der Waals surface area contributed by atoms with Gasteiger partial charge >= 0.3 is 0 Å². The van der Waals surface area contributed by atoms with Crippen molar-refractivity contribution in [2.45, 2.75) is 38.6 Å². The Kier molecular flexibility index (Phi) is 6.67. The van der Waals surface area contributed by atoms with Crippen molar-refractivity contribution in [2.24, 2.45) is 5.92 Å². The summed E-state index contributed by atoms with van der Waals surface area (Å²) in [5.41, 5.74) is 1.37. The lowest BCUT2D eigenvalue weighted by Crippen LogP contribution is -2.45. The number of carbonyl (C=O) groups is 2. The minimum Gasteiger partial charge on any atom is -0.344 e. The van der Waals surface area contributed by atoms with Crippen LogP contribution in [0.1, 0.15) is 37.7 Å². The second kappa shape index (κ2) is 9.17. The normalized spacial score (nSPS) is 19.6. The van der Waals surface area contributed by atoms with E-state index in [0.717, 1.165) is 58.4 Å². The highest BCUT2D eigenvalue weighted by atomic mass is 16.2. The molecule has 2 amide bonds. The molecule has 0 N–H and O–H groups in total. The highest BCUT2D eigenvalue weighted by Crippen LogP contribution is 2.20. The largest absolute Gasteiger partial charge is 0.344 e. The molecule has 0 atom stereocenters. The summed E-state index contributed by atoms with van der Waals surface area (Å²) in [7, 11) is 1.88. The molecule has 2 aliphatic heterocycles. The van der Waals surface area contributed by atoms with Gasteiger partial charge < -0.3 is 9.80 Å². The van der Waals surface area contributed by atoms with Gasteiger partial charge in [0.15, 0.2) is 0 Å². The molecule has 1 aromatic carbocycles. The SMILES string of the molecule is CN(CC1CCN(Cc2ccccc2)CC1)C(=O)CN1CCCCC1=O. The molecule has 0 aromatic heterocycles. The van der Waals surface area contributed by atoms with E-state index in [-0.39, 0.29) is 18.4 Å². The molecule has 5 nitrogen and oxygen atoms in total. The number of benzene rings is 1. The number of rotatable bonds is 6. The third-order valence-corrected chi connectivity index (χ3v) is 5.66. The predicted molar refractivity (Wildman–Crippen MR) is 103 cm³/mol. The molecule has 3 rings (SSSR count). The first-order valence-electron chi connectivity index (χ1n) is 9.90. The summed E-state index contributed by atoms with van der Waals surface area (Å²) < 4.78 is 0. The van der Waals surface area contributed by atoms with Gasteiger partial charge in [0.2, 0.25) is 11.8 Å². The van der Waals surface area contributed by atoms with Crippen molar-refractivity contribution in [3.05, 3.63) is 35.9 Å². The summed E-state index contributed by atoms with van der Waals surface area (Å²) in [5.74, 6) is 0.771. The Morgan fingerprint density at radius 1 is 1.12 bits per heavy atom. The molecule has 0 spiro atoms. The molecule has 0 bridgehead atoms. The van der Waals surface area contributed by atoms with Crippen LogP contribution in [0, 0.1) is 5.92 Å². The van der Waals surface area contributed by atoms with E-state index in [0.29, 0.717) is 12.3 Å². The zero-order valence-corrected chi connectivity index (χ0v) is 15.9. The number of hydrogen-bond donors (Lipinski definition) is 0. The second-order valence-corrected chi connectivity index (χ2v) is 7.75. The quantitative estimate of drug-likeness (QED) is 0.785. The number of likely N-dealkylation sites (tertiary alicyclic amines) is 2. The number of carbonyl (C=O) groups excluding carboxylic acids is 2.